The van der Waals surface area contributed by atoms with Gasteiger partial charge in [0.25, 0.3) is 0 Å². The van der Waals surface area contributed by atoms with Crippen molar-refractivity contribution >= 4 is 11.9 Å². The number of rotatable bonds is 8. The molecule has 0 fully saturated rings. The average molecular weight is 215 g/mol. The monoisotopic (exact) mass is 215 g/mol. The first-order chi connectivity index (χ1) is 7.20. The first-order valence-corrected chi connectivity index (χ1v) is 5.63. The van der Waals surface area contributed by atoms with Crippen LogP contribution in [-0.2, 0) is 14.3 Å². The number of carbonyl (C=O) groups is 2. The molecule has 0 aliphatic heterocycles. The second-order valence-corrected chi connectivity index (χ2v) is 3.42. The van der Waals surface area contributed by atoms with Gasteiger partial charge in [-0.2, -0.15) is 0 Å². The molecule has 88 valence electrons. The van der Waals surface area contributed by atoms with Crippen molar-refractivity contribution in [2.24, 2.45) is 0 Å². The first kappa shape index (κ1) is 13.9. The molecule has 4 nitrogen and oxygen atoms in total. The summed E-state index contributed by atoms with van der Waals surface area (Å²) in [5.74, 6) is -0.362. The Morgan fingerprint density at radius 2 is 1.87 bits per heavy atom. The first-order valence-electron chi connectivity index (χ1n) is 5.63. The van der Waals surface area contributed by atoms with Crippen molar-refractivity contribution in [1.82, 2.24) is 5.32 Å². The van der Waals surface area contributed by atoms with E-state index in [9.17, 15) is 9.59 Å². The molecule has 0 radical (unpaired) electrons. The predicted octanol–water partition coefficient (Wildman–Crippen LogP) is 1.64. The van der Waals surface area contributed by atoms with Crippen LogP contribution < -0.4 is 5.32 Å². The zero-order valence-electron chi connectivity index (χ0n) is 9.67. The van der Waals surface area contributed by atoms with E-state index in [1.807, 2.05) is 6.92 Å². The maximum atomic E-state index is 11.2. The summed E-state index contributed by atoms with van der Waals surface area (Å²) in [6.45, 7) is 5.13. The van der Waals surface area contributed by atoms with Gasteiger partial charge in [0.05, 0.1) is 13.0 Å². The minimum absolute atomic E-state index is 0.0723. The Bertz CT molecular complexity index is 192. The molecule has 0 rings (SSSR count). The number of unbranched alkanes of at least 4 members (excludes halogenated alkanes) is 1. The van der Waals surface area contributed by atoms with Crippen LogP contribution in [0, 0.1) is 0 Å². The van der Waals surface area contributed by atoms with Crippen molar-refractivity contribution < 1.29 is 14.3 Å². The van der Waals surface area contributed by atoms with Gasteiger partial charge in [-0.25, -0.2) is 0 Å². The van der Waals surface area contributed by atoms with Crippen LogP contribution in [0.3, 0.4) is 0 Å². The molecule has 0 aliphatic carbocycles. The minimum Gasteiger partial charge on any atom is -0.466 e. The van der Waals surface area contributed by atoms with Crippen molar-refractivity contribution in [2.45, 2.75) is 46.0 Å². The fourth-order valence-electron chi connectivity index (χ4n) is 0.997. The topological polar surface area (TPSA) is 55.4 Å². The summed E-state index contributed by atoms with van der Waals surface area (Å²) < 4.78 is 4.85. The van der Waals surface area contributed by atoms with Crippen LogP contribution in [0.5, 0.6) is 0 Å². The van der Waals surface area contributed by atoms with Crippen molar-refractivity contribution in [3.63, 3.8) is 0 Å². The van der Waals surface area contributed by atoms with Gasteiger partial charge < -0.3 is 10.1 Å². The van der Waals surface area contributed by atoms with E-state index in [4.69, 9.17) is 4.74 Å². The molecule has 1 amide bonds. The molecule has 4 heteroatoms. The maximum Gasteiger partial charge on any atom is 0.306 e. The summed E-state index contributed by atoms with van der Waals surface area (Å²) in [6.07, 6.45) is 3.25. The van der Waals surface area contributed by atoms with Gasteiger partial charge in [-0.3, -0.25) is 9.59 Å². The van der Waals surface area contributed by atoms with Gasteiger partial charge in [0.2, 0.25) is 5.91 Å². The van der Waals surface area contributed by atoms with Crippen molar-refractivity contribution in [3.05, 3.63) is 0 Å². The van der Waals surface area contributed by atoms with E-state index in [0.717, 1.165) is 19.3 Å². The van der Waals surface area contributed by atoms with Crippen molar-refractivity contribution in [1.29, 1.82) is 0 Å². The van der Waals surface area contributed by atoms with Crippen LogP contribution in [0.15, 0.2) is 0 Å². The lowest BCUT2D eigenvalue weighted by atomic mass is 10.3. The summed E-state index contributed by atoms with van der Waals surface area (Å²) in [6, 6.07) is 0. The van der Waals surface area contributed by atoms with Crippen LogP contribution >= 0.6 is 0 Å². The molecule has 0 atom stereocenters. The molecule has 0 aromatic heterocycles. The fourth-order valence-corrected chi connectivity index (χ4v) is 0.997. The SMILES string of the molecule is CCCCNC(=O)CCC(=O)OCCC. The number of esters is 1. The lowest BCUT2D eigenvalue weighted by Gasteiger charge is -2.04. The van der Waals surface area contributed by atoms with Crippen LogP contribution in [0.25, 0.3) is 0 Å². The highest BCUT2D eigenvalue weighted by atomic mass is 16.5. The number of amides is 1. The second-order valence-electron chi connectivity index (χ2n) is 3.42. The fraction of sp³-hybridized carbons (Fsp3) is 0.818. The normalized spacial score (nSPS) is 9.73. The Hall–Kier alpha value is -1.06. The summed E-state index contributed by atoms with van der Waals surface area (Å²) in [4.78, 5) is 22.2. The average Bonchev–Trinajstić information content (AvgIpc) is 2.24. The lowest BCUT2D eigenvalue weighted by molar-refractivity contribution is -0.145. The third kappa shape index (κ3) is 9.25. The van der Waals surface area contributed by atoms with Gasteiger partial charge in [0.1, 0.15) is 0 Å². The summed E-state index contributed by atoms with van der Waals surface area (Å²) in [5.41, 5.74) is 0. The molecular weight excluding hydrogens is 194 g/mol. The van der Waals surface area contributed by atoms with Crippen LogP contribution in [-0.4, -0.2) is 25.0 Å². The molecule has 0 unspecified atom stereocenters. The van der Waals surface area contributed by atoms with E-state index >= 15 is 0 Å². The number of ether oxygens (including phenoxy) is 1. The molecule has 0 saturated carbocycles. The summed E-state index contributed by atoms with van der Waals surface area (Å²) in [7, 11) is 0. The minimum atomic E-state index is -0.289. The molecule has 0 bridgehead atoms. The van der Waals surface area contributed by atoms with E-state index in [1.54, 1.807) is 0 Å². The highest BCUT2D eigenvalue weighted by Gasteiger charge is 2.06. The van der Waals surface area contributed by atoms with Gasteiger partial charge in [0, 0.05) is 13.0 Å². The number of carbonyl (C=O) groups excluding carboxylic acids is 2. The van der Waals surface area contributed by atoms with E-state index in [0.29, 0.717) is 13.2 Å². The van der Waals surface area contributed by atoms with E-state index in [-0.39, 0.29) is 24.7 Å². The third-order valence-electron chi connectivity index (χ3n) is 1.88. The largest absolute Gasteiger partial charge is 0.466 e. The van der Waals surface area contributed by atoms with Gasteiger partial charge >= 0.3 is 5.97 Å². The summed E-state index contributed by atoms with van der Waals surface area (Å²) >= 11 is 0. The Kier molecular flexibility index (Phi) is 8.82. The van der Waals surface area contributed by atoms with Crippen LogP contribution in [0.4, 0.5) is 0 Å². The van der Waals surface area contributed by atoms with Gasteiger partial charge in [-0.15, -0.1) is 0 Å². The Labute approximate surface area is 91.4 Å². The van der Waals surface area contributed by atoms with Crippen LogP contribution in [0.1, 0.15) is 46.0 Å². The maximum absolute atomic E-state index is 11.2. The zero-order valence-corrected chi connectivity index (χ0v) is 9.67. The summed E-state index contributed by atoms with van der Waals surface area (Å²) in [5, 5.41) is 2.75. The molecule has 0 aromatic carbocycles. The highest BCUT2D eigenvalue weighted by Crippen LogP contribution is 1.94. The quantitative estimate of drug-likeness (QED) is 0.494. The molecule has 0 aliphatic rings. The van der Waals surface area contributed by atoms with E-state index in [2.05, 4.69) is 12.2 Å². The number of hydrogen-bond donors (Lipinski definition) is 1. The highest BCUT2D eigenvalue weighted by molar-refractivity contribution is 5.81. The Balaban J connectivity index is 3.40. The van der Waals surface area contributed by atoms with E-state index < -0.39 is 0 Å². The number of nitrogens with one attached hydrogen (secondary N) is 1. The third-order valence-corrected chi connectivity index (χ3v) is 1.88. The molecule has 15 heavy (non-hydrogen) atoms. The molecular formula is C11H21NO3. The number of hydrogen-bond acceptors (Lipinski definition) is 3. The Morgan fingerprint density at radius 3 is 2.47 bits per heavy atom. The lowest BCUT2D eigenvalue weighted by Crippen LogP contribution is -2.25. The molecule has 0 aromatic rings. The van der Waals surface area contributed by atoms with Crippen molar-refractivity contribution in [3.8, 4) is 0 Å². The van der Waals surface area contributed by atoms with Crippen molar-refractivity contribution in [2.75, 3.05) is 13.2 Å². The predicted molar refractivity (Wildman–Crippen MR) is 58.4 cm³/mol. The standard InChI is InChI=1S/C11H21NO3/c1-3-5-8-12-10(13)6-7-11(14)15-9-4-2/h3-9H2,1-2H3,(H,12,13). The molecule has 0 spiro atoms. The van der Waals surface area contributed by atoms with Crippen LogP contribution in [0.2, 0.25) is 0 Å². The molecule has 0 heterocycles. The Morgan fingerprint density at radius 1 is 1.13 bits per heavy atom. The molecule has 1 N–H and O–H groups in total. The zero-order chi connectivity index (χ0) is 11.5. The van der Waals surface area contributed by atoms with Gasteiger partial charge in [-0.1, -0.05) is 20.3 Å². The van der Waals surface area contributed by atoms with Gasteiger partial charge in [-0.05, 0) is 12.8 Å². The molecule has 0 saturated heterocycles. The van der Waals surface area contributed by atoms with Gasteiger partial charge in [0.15, 0.2) is 0 Å². The van der Waals surface area contributed by atoms with E-state index in [1.165, 1.54) is 0 Å². The second kappa shape index (κ2) is 9.49. The smallest absolute Gasteiger partial charge is 0.306 e.